The first-order chi connectivity index (χ1) is 12.8. The molecule has 2 saturated carbocycles. The molecule has 140 valence electrons. The second-order valence-electron chi connectivity index (χ2n) is 8.02. The fraction of sp³-hybridized carbons (Fsp3) is 0.650. The van der Waals surface area contributed by atoms with E-state index in [0.29, 0.717) is 17.5 Å². The van der Waals surface area contributed by atoms with E-state index in [-0.39, 0.29) is 0 Å². The highest BCUT2D eigenvalue weighted by atomic mass is 15.3. The van der Waals surface area contributed by atoms with Crippen molar-refractivity contribution >= 4 is 11.5 Å². The molecule has 2 aromatic heterocycles. The fourth-order valence-electron chi connectivity index (χ4n) is 4.78. The second kappa shape index (κ2) is 8.06. The first-order valence-electron chi connectivity index (χ1n) is 10.2. The highest BCUT2D eigenvalue weighted by Gasteiger charge is 2.25. The highest BCUT2D eigenvalue weighted by molar-refractivity contribution is 5.69. The molecular weight excluding hydrogens is 324 g/mol. The van der Waals surface area contributed by atoms with Crippen molar-refractivity contribution in [3.63, 3.8) is 0 Å². The molecular formula is C20H30N6. The molecule has 2 fully saturated rings. The number of nitrogen functional groups attached to an aromatic ring is 1. The fourth-order valence-corrected chi connectivity index (χ4v) is 4.78. The van der Waals surface area contributed by atoms with Crippen LogP contribution < -0.4 is 11.1 Å². The number of nitrogens with zero attached hydrogens (tertiary/aromatic N) is 4. The summed E-state index contributed by atoms with van der Waals surface area (Å²) in [6.07, 6.45) is 18.7. The van der Waals surface area contributed by atoms with Gasteiger partial charge in [0.2, 0.25) is 0 Å². The van der Waals surface area contributed by atoms with Gasteiger partial charge in [-0.05, 0) is 30.7 Å². The molecule has 0 spiro atoms. The number of hydrogen-bond donors (Lipinski definition) is 2. The minimum atomic E-state index is 0.448. The third-order valence-corrected chi connectivity index (χ3v) is 6.11. The Bertz CT molecular complexity index is 668. The van der Waals surface area contributed by atoms with Gasteiger partial charge in [-0.2, -0.15) is 5.10 Å². The molecule has 0 atom stereocenters. The van der Waals surface area contributed by atoms with Crippen LogP contribution in [0.3, 0.4) is 0 Å². The molecule has 6 heteroatoms. The Labute approximate surface area is 155 Å². The summed E-state index contributed by atoms with van der Waals surface area (Å²) in [5.41, 5.74) is 6.97. The van der Waals surface area contributed by atoms with Crippen LogP contribution in [0.1, 0.15) is 64.2 Å². The number of hydrogen-bond acceptors (Lipinski definition) is 5. The van der Waals surface area contributed by atoms with E-state index in [1.165, 1.54) is 64.2 Å². The van der Waals surface area contributed by atoms with Gasteiger partial charge in [0, 0.05) is 18.4 Å². The zero-order valence-electron chi connectivity index (χ0n) is 15.5. The van der Waals surface area contributed by atoms with E-state index in [0.717, 1.165) is 17.7 Å². The lowest BCUT2D eigenvalue weighted by atomic mass is 9.90. The zero-order chi connectivity index (χ0) is 17.8. The average molecular weight is 355 g/mol. The van der Waals surface area contributed by atoms with E-state index in [4.69, 9.17) is 5.73 Å². The standard InChI is InChI=1S/C20H30N6/c21-18-19(22-14-23-20(18)26-11-5-10-24-26)25-17(12-15-6-1-2-7-15)13-16-8-3-4-9-16/h5,10-11,14-17H,1-4,6-9,12-13,21H2,(H,22,23,25). The van der Waals surface area contributed by atoms with E-state index < -0.39 is 0 Å². The maximum absolute atomic E-state index is 6.39. The Morgan fingerprint density at radius 1 is 1.04 bits per heavy atom. The summed E-state index contributed by atoms with van der Waals surface area (Å²) in [4.78, 5) is 8.77. The van der Waals surface area contributed by atoms with Crippen molar-refractivity contribution < 1.29 is 0 Å². The van der Waals surface area contributed by atoms with Crippen molar-refractivity contribution in [3.05, 3.63) is 24.8 Å². The molecule has 0 saturated heterocycles. The summed E-state index contributed by atoms with van der Waals surface area (Å²) in [7, 11) is 0. The van der Waals surface area contributed by atoms with Gasteiger partial charge in [0.25, 0.3) is 0 Å². The number of aromatic nitrogens is 4. The first-order valence-corrected chi connectivity index (χ1v) is 10.2. The zero-order valence-corrected chi connectivity index (χ0v) is 15.5. The van der Waals surface area contributed by atoms with Crippen molar-refractivity contribution in [1.29, 1.82) is 0 Å². The Morgan fingerprint density at radius 3 is 2.27 bits per heavy atom. The summed E-state index contributed by atoms with van der Waals surface area (Å²) in [6.45, 7) is 0. The molecule has 3 N–H and O–H groups in total. The normalized spacial score (nSPS) is 18.8. The minimum Gasteiger partial charge on any atom is -0.393 e. The van der Waals surface area contributed by atoms with Crippen LogP contribution in [0.2, 0.25) is 0 Å². The van der Waals surface area contributed by atoms with Gasteiger partial charge < -0.3 is 11.1 Å². The van der Waals surface area contributed by atoms with Gasteiger partial charge in [-0.3, -0.25) is 0 Å². The lowest BCUT2D eigenvalue weighted by Gasteiger charge is -2.26. The summed E-state index contributed by atoms with van der Waals surface area (Å²) in [5, 5.41) is 7.94. The van der Waals surface area contributed by atoms with E-state index in [9.17, 15) is 0 Å². The smallest absolute Gasteiger partial charge is 0.181 e. The lowest BCUT2D eigenvalue weighted by molar-refractivity contribution is 0.386. The van der Waals surface area contributed by atoms with Crippen LogP contribution in [0, 0.1) is 11.8 Å². The van der Waals surface area contributed by atoms with Crippen molar-refractivity contribution in [1.82, 2.24) is 19.7 Å². The predicted molar refractivity (Wildman–Crippen MR) is 104 cm³/mol. The van der Waals surface area contributed by atoms with Crippen molar-refractivity contribution in [2.24, 2.45) is 11.8 Å². The molecule has 0 aliphatic heterocycles. The van der Waals surface area contributed by atoms with Crippen LogP contribution in [0.15, 0.2) is 24.8 Å². The molecule has 0 radical (unpaired) electrons. The molecule has 0 bridgehead atoms. The van der Waals surface area contributed by atoms with E-state index in [1.807, 2.05) is 12.3 Å². The Kier molecular flexibility index (Phi) is 5.37. The van der Waals surface area contributed by atoms with Gasteiger partial charge in [0.05, 0.1) is 0 Å². The van der Waals surface area contributed by atoms with Crippen LogP contribution in [0.4, 0.5) is 11.5 Å². The maximum atomic E-state index is 6.39. The predicted octanol–water partition coefficient (Wildman–Crippen LogP) is 4.19. The van der Waals surface area contributed by atoms with Crippen LogP contribution in [-0.2, 0) is 0 Å². The van der Waals surface area contributed by atoms with Crippen LogP contribution >= 0.6 is 0 Å². The summed E-state index contributed by atoms with van der Waals surface area (Å²) in [5.74, 6) is 3.10. The molecule has 26 heavy (non-hydrogen) atoms. The molecule has 6 nitrogen and oxygen atoms in total. The average Bonchev–Trinajstić information content (AvgIpc) is 3.40. The Hall–Kier alpha value is -2.11. The molecule has 0 unspecified atom stereocenters. The van der Waals surface area contributed by atoms with Gasteiger partial charge in [-0.25, -0.2) is 14.6 Å². The topological polar surface area (TPSA) is 81.6 Å². The molecule has 2 aromatic rings. The second-order valence-corrected chi connectivity index (χ2v) is 8.02. The van der Waals surface area contributed by atoms with E-state index in [1.54, 1.807) is 17.2 Å². The number of anilines is 2. The Morgan fingerprint density at radius 2 is 1.69 bits per heavy atom. The summed E-state index contributed by atoms with van der Waals surface area (Å²) < 4.78 is 1.70. The molecule has 0 amide bonds. The Balaban J connectivity index is 1.51. The highest BCUT2D eigenvalue weighted by Crippen LogP contribution is 2.35. The van der Waals surface area contributed by atoms with Gasteiger partial charge in [-0.15, -0.1) is 0 Å². The van der Waals surface area contributed by atoms with E-state index >= 15 is 0 Å². The van der Waals surface area contributed by atoms with Crippen molar-refractivity contribution in [2.45, 2.75) is 70.3 Å². The lowest BCUT2D eigenvalue weighted by Crippen LogP contribution is -2.26. The summed E-state index contributed by atoms with van der Waals surface area (Å²) >= 11 is 0. The van der Waals surface area contributed by atoms with Crippen molar-refractivity contribution in [2.75, 3.05) is 11.1 Å². The molecule has 2 heterocycles. The van der Waals surface area contributed by atoms with Gasteiger partial charge in [-0.1, -0.05) is 51.4 Å². The SMILES string of the molecule is Nc1c(NC(CC2CCCC2)CC2CCCC2)ncnc1-n1cccn1. The van der Waals surface area contributed by atoms with E-state index in [2.05, 4.69) is 20.4 Å². The molecule has 2 aliphatic carbocycles. The quantitative estimate of drug-likeness (QED) is 0.779. The van der Waals surface area contributed by atoms with Crippen LogP contribution in [0.5, 0.6) is 0 Å². The monoisotopic (exact) mass is 354 g/mol. The third-order valence-electron chi connectivity index (χ3n) is 6.11. The maximum Gasteiger partial charge on any atom is 0.181 e. The number of nitrogens with one attached hydrogen (secondary N) is 1. The van der Waals surface area contributed by atoms with Crippen LogP contribution in [0.25, 0.3) is 5.82 Å². The largest absolute Gasteiger partial charge is 0.393 e. The van der Waals surface area contributed by atoms with Gasteiger partial charge in [0.1, 0.15) is 12.0 Å². The molecule has 0 aromatic carbocycles. The van der Waals surface area contributed by atoms with Gasteiger partial charge >= 0.3 is 0 Å². The van der Waals surface area contributed by atoms with Crippen molar-refractivity contribution in [3.8, 4) is 5.82 Å². The summed E-state index contributed by atoms with van der Waals surface area (Å²) in [6, 6.07) is 2.32. The molecule has 4 rings (SSSR count). The number of nitrogens with two attached hydrogens (primary N) is 1. The number of rotatable bonds is 7. The van der Waals surface area contributed by atoms with Gasteiger partial charge in [0.15, 0.2) is 11.6 Å². The third kappa shape index (κ3) is 4.00. The first kappa shape index (κ1) is 17.3. The van der Waals surface area contributed by atoms with Crippen LogP contribution in [-0.4, -0.2) is 25.8 Å². The minimum absolute atomic E-state index is 0.448. The molecule has 2 aliphatic rings.